The van der Waals surface area contributed by atoms with Gasteiger partial charge in [-0.05, 0) is 44.4 Å². The minimum Gasteiger partial charge on any atom is -0.482 e. The third-order valence-electron chi connectivity index (χ3n) is 4.89. The average Bonchev–Trinajstić information content (AvgIpc) is 3.11. The van der Waals surface area contributed by atoms with Crippen LogP contribution >= 0.6 is 0 Å². The minimum atomic E-state index is -0.235. The SMILES string of the molecule is Cc1noc([C@@H]2CCCCN2C(=O)Nc2ccc3c(c2)N(C)C(=O)CO3)n1. The number of likely N-dealkylation sites (N-methyl/N-ethyl adjacent to an activating group) is 1. The molecule has 0 aliphatic carbocycles. The highest BCUT2D eigenvalue weighted by atomic mass is 16.5. The van der Waals surface area contributed by atoms with Crippen molar-refractivity contribution in [3.05, 3.63) is 29.9 Å². The quantitative estimate of drug-likeness (QED) is 0.870. The van der Waals surface area contributed by atoms with Crippen molar-refractivity contribution in [2.24, 2.45) is 0 Å². The van der Waals surface area contributed by atoms with Crippen molar-refractivity contribution < 1.29 is 18.8 Å². The van der Waals surface area contributed by atoms with Crippen molar-refractivity contribution in [1.29, 1.82) is 0 Å². The summed E-state index contributed by atoms with van der Waals surface area (Å²) >= 11 is 0. The Hall–Kier alpha value is -3.10. The topological polar surface area (TPSA) is 101 Å². The smallest absolute Gasteiger partial charge is 0.322 e. The van der Waals surface area contributed by atoms with Gasteiger partial charge in [-0.25, -0.2) is 4.79 Å². The number of hydrogen-bond donors (Lipinski definition) is 1. The monoisotopic (exact) mass is 371 g/mol. The van der Waals surface area contributed by atoms with Crippen LogP contribution in [0, 0.1) is 6.92 Å². The lowest BCUT2D eigenvalue weighted by Crippen LogP contribution is -2.41. The van der Waals surface area contributed by atoms with Crippen LogP contribution in [-0.4, -0.2) is 47.2 Å². The maximum atomic E-state index is 12.9. The maximum Gasteiger partial charge on any atom is 0.322 e. The van der Waals surface area contributed by atoms with Gasteiger partial charge < -0.3 is 24.4 Å². The zero-order valence-electron chi connectivity index (χ0n) is 15.3. The molecule has 2 aromatic rings. The number of nitrogens with one attached hydrogen (secondary N) is 1. The molecule has 0 spiro atoms. The molecule has 0 radical (unpaired) electrons. The van der Waals surface area contributed by atoms with Gasteiger partial charge in [-0.2, -0.15) is 4.98 Å². The van der Waals surface area contributed by atoms with Crippen LogP contribution < -0.4 is 15.0 Å². The highest BCUT2D eigenvalue weighted by Gasteiger charge is 2.32. The van der Waals surface area contributed by atoms with Gasteiger partial charge in [0.2, 0.25) is 5.89 Å². The molecule has 9 nitrogen and oxygen atoms in total. The number of aryl methyl sites for hydroxylation is 1. The Morgan fingerprint density at radius 2 is 2.19 bits per heavy atom. The predicted molar refractivity (Wildman–Crippen MR) is 96.7 cm³/mol. The number of piperidine rings is 1. The number of amides is 3. The van der Waals surface area contributed by atoms with Crippen molar-refractivity contribution in [3.63, 3.8) is 0 Å². The van der Waals surface area contributed by atoms with E-state index in [9.17, 15) is 9.59 Å². The number of anilines is 2. The summed E-state index contributed by atoms with van der Waals surface area (Å²) in [5.74, 6) is 1.51. The largest absolute Gasteiger partial charge is 0.482 e. The van der Waals surface area contributed by atoms with E-state index in [4.69, 9.17) is 9.26 Å². The van der Waals surface area contributed by atoms with Gasteiger partial charge in [-0.3, -0.25) is 4.79 Å². The molecule has 1 aromatic carbocycles. The molecule has 9 heteroatoms. The van der Waals surface area contributed by atoms with Gasteiger partial charge in [0.05, 0.1) is 5.69 Å². The van der Waals surface area contributed by atoms with E-state index in [2.05, 4.69) is 15.5 Å². The fourth-order valence-corrected chi connectivity index (χ4v) is 3.43. The highest BCUT2D eigenvalue weighted by molar-refractivity contribution is 5.99. The average molecular weight is 371 g/mol. The second-order valence-electron chi connectivity index (χ2n) is 6.74. The van der Waals surface area contributed by atoms with Gasteiger partial charge in [-0.15, -0.1) is 0 Å². The first-order chi connectivity index (χ1) is 13.0. The zero-order valence-corrected chi connectivity index (χ0v) is 15.3. The molecule has 142 valence electrons. The number of rotatable bonds is 2. The summed E-state index contributed by atoms with van der Waals surface area (Å²) in [4.78, 5) is 32.2. The number of likely N-dealkylation sites (tertiary alicyclic amines) is 1. The summed E-state index contributed by atoms with van der Waals surface area (Å²) in [7, 11) is 1.69. The van der Waals surface area contributed by atoms with E-state index >= 15 is 0 Å². The number of urea groups is 1. The van der Waals surface area contributed by atoms with Crippen LogP contribution in [0.2, 0.25) is 0 Å². The van der Waals surface area contributed by atoms with Gasteiger partial charge in [0.1, 0.15) is 11.8 Å². The molecule has 1 saturated heterocycles. The van der Waals surface area contributed by atoms with Crippen molar-refractivity contribution in [2.75, 3.05) is 30.4 Å². The summed E-state index contributed by atoms with van der Waals surface area (Å²) in [6, 6.07) is 4.78. The van der Waals surface area contributed by atoms with Crippen LogP contribution in [0.1, 0.15) is 37.0 Å². The summed E-state index contributed by atoms with van der Waals surface area (Å²) in [6.07, 6.45) is 2.70. The molecule has 2 aliphatic rings. The van der Waals surface area contributed by atoms with Crippen molar-refractivity contribution in [2.45, 2.75) is 32.2 Å². The summed E-state index contributed by atoms with van der Waals surface area (Å²) in [6.45, 7) is 2.39. The first kappa shape index (κ1) is 17.3. The lowest BCUT2D eigenvalue weighted by atomic mass is 10.0. The number of aromatic nitrogens is 2. The third kappa shape index (κ3) is 3.32. The number of carbonyl (C=O) groups excluding carboxylic acids is 2. The van der Waals surface area contributed by atoms with Gasteiger partial charge >= 0.3 is 6.03 Å². The van der Waals surface area contributed by atoms with E-state index in [1.807, 2.05) is 0 Å². The lowest BCUT2D eigenvalue weighted by Gasteiger charge is -2.33. The molecule has 2 aliphatic heterocycles. The van der Waals surface area contributed by atoms with E-state index in [0.29, 0.717) is 35.4 Å². The standard InChI is InChI=1S/C18H21N5O4/c1-11-19-17(27-21-11)13-5-3-4-8-23(13)18(25)20-12-6-7-15-14(9-12)22(2)16(24)10-26-15/h6-7,9,13H,3-5,8,10H2,1-2H3,(H,20,25)/t13-/m0/s1. The van der Waals surface area contributed by atoms with E-state index in [1.165, 1.54) is 4.90 Å². The molecular weight excluding hydrogens is 350 g/mol. The Bertz CT molecular complexity index is 880. The van der Waals surface area contributed by atoms with E-state index in [0.717, 1.165) is 19.3 Å². The summed E-state index contributed by atoms with van der Waals surface area (Å²) in [5, 5.41) is 6.74. The number of carbonyl (C=O) groups is 2. The number of ether oxygens (including phenoxy) is 1. The Morgan fingerprint density at radius 1 is 1.33 bits per heavy atom. The van der Waals surface area contributed by atoms with E-state index in [1.54, 1.807) is 37.1 Å². The van der Waals surface area contributed by atoms with E-state index in [-0.39, 0.29) is 24.6 Å². The first-order valence-electron chi connectivity index (χ1n) is 8.94. The fraction of sp³-hybridized carbons (Fsp3) is 0.444. The molecule has 3 heterocycles. The van der Waals surface area contributed by atoms with Crippen molar-refractivity contribution >= 4 is 23.3 Å². The number of benzene rings is 1. The zero-order chi connectivity index (χ0) is 19.0. The third-order valence-corrected chi connectivity index (χ3v) is 4.89. The van der Waals surface area contributed by atoms with Crippen LogP contribution in [0.5, 0.6) is 5.75 Å². The summed E-state index contributed by atoms with van der Waals surface area (Å²) in [5.41, 5.74) is 1.22. The molecule has 1 fully saturated rings. The van der Waals surface area contributed by atoms with Crippen LogP contribution in [0.3, 0.4) is 0 Å². The second-order valence-corrected chi connectivity index (χ2v) is 6.74. The van der Waals surface area contributed by atoms with Crippen LogP contribution in [0.15, 0.2) is 22.7 Å². The molecule has 1 atom stereocenters. The molecule has 4 rings (SSSR count). The number of hydrogen-bond acceptors (Lipinski definition) is 6. The van der Waals surface area contributed by atoms with Crippen LogP contribution in [-0.2, 0) is 4.79 Å². The predicted octanol–water partition coefficient (Wildman–Crippen LogP) is 2.49. The lowest BCUT2D eigenvalue weighted by molar-refractivity contribution is -0.120. The Balaban J connectivity index is 1.53. The highest BCUT2D eigenvalue weighted by Crippen LogP contribution is 2.35. The Morgan fingerprint density at radius 3 is 2.96 bits per heavy atom. The Labute approximate surface area is 156 Å². The maximum absolute atomic E-state index is 12.9. The molecular formula is C18H21N5O4. The van der Waals surface area contributed by atoms with Crippen LogP contribution in [0.4, 0.5) is 16.2 Å². The first-order valence-corrected chi connectivity index (χ1v) is 8.94. The van der Waals surface area contributed by atoms with Gasteiger partial charge in [0, 0.05) is 19.3 Å². The molecule has 27 heavy (non-hydrogen) atoms. The molecule has 1 N–H and O–H groups in total. The van der Waals surface area contributed by atoms with Gasteiger partial charge in [0.15, 0.2) is 12.4 Å². The summed E-state index contributed by atoms with van der Waals surface area (Å²) < 4.78 is 10.7. The molecule has 3 amide bonds. The Kier molecular flexibility index (Phi) is 4.43. The number of fused-ring (bicyclic) bond motifs is 1. The fourth-order valence-electron chi connectivity index (χ4n) is 3.43. The van der Waals surface area contributed by atoms with Crippen molar-refractivity contribution in [1.82, 2.24) is 15.0 Å². The van der Waals surface area contributed by atoms with E-state index < -0.39 is 0 Å². The molecule has 0 bridgehead atoms. The van der Waals surface area contributed by atoms with Crippen molar-refractivity contribution in [3.8, 4) is 5.75 Å². The normalized spacial score (nSPS) is 19.5. The molecule has 1 aromatic heterocycles. The molecule has 0 saturated carbocycles. The van der Waals surface area contributed by atoms with Crippen LogP contribution in [0.25, 0.3) is 0 Å². The minimum absolute atomic E-state index is 0.0221. The molecule has 0 unspecified atom stereocenters. The van der Waals surface area contributed by atoms with Gasteiger partial charge in [-0.1, -0.05) is 5.16 Å². The van der Waals surface area contributed by atoms with Gasteiger partial charge in [0.25, 0.3) is 5.91 Å². The number of nitrogens with zero attached hydrogens (tertiary/aromatic N) is 4. The second kappa shape index (κ2) is 6.90.